The summed E-state index contributed by atoms with van der Waals surface area (Å²) in [6, 6.07) is 7.96. The van der Waals surface area contributed by atoms with E-state index in [-0.39, 0.29) is 17.0 Å². The molecule has 1 aromatic heterocycles. The summed E-state index contributed by atoms with van der Waals surface area (Å²) in [6.07, 6.45) is 0. The van der Waals surface area contributed by atoms with Crippen molar-refractivity contribution in [3.8, 4) is 0 Å². The number of nitrogens with one attached hydrogen (secondary N) is 1. The minimum absolute atomic E-state index is 0.0684. The van der Waals surface area contributed by atoms with Crippen LogP contribution in [0.4, 0.5) is 5.69 Å². The molecule has 108 valence electrons. The van der Waals surface area contributed by atoms with E-state index in [0.29, 0.717) is 10.7 Å². The minimum Gasteiger partial charge on any atom is -0.478 e. The van der Waals surface area contributed by atoms with Gasteiger partial charge >= 0.3 is 5.97 Å². The highest BCUT2D eigenvalue weighted by Crippen LogP contribution is 2.24. The highest BCUT2D eigenvalue weighted by Gasteiger charge is 2.14. The zero-order chi connectivity index (χ0) is 15.6. The molecule has 0 atom stereocenters. The Morgan fingerprint density at radius 3 is 2.57 bits per heavy atom. The van der Waals surface area contributed by atoms with Crippen molar-refractivity contribution in [1.29, 1.82) is 0 Å². The molecule has 0 saturated carbocycles. The fourth-order valence-corrected chi connectivity index (χ4v) is 2.59. The lowest BCUT2D eigenvalue weighted by Crippen LogP contribution is -2.15. The van der Waals surface area contributed by atoms with Crippen LogP contribution in [0, 0.1) is 10.5 Å². The van der Waals surface area contributed by atoms with E-state index in [1.54, 1.807) is 12.1 Å². The largest absolute Gasteiger partial charge is 0.478 e. The fraction of sp³-hybridized carbons (Fsp3) is 0.0714. The summed E-state index contributed by atoms with van der Waals surface area (Å²) in [5.41, 5.74) is 0.957. The summed E-state index contributed by atoms with van der Waals surface area (Å²) >= 11 is 8.16. The van der Waals surface area contributed by atoms with Gasteiger partial charge in [-0.05, 0) is 59.8 Å². The van der Waals surface area contributed by atoms with Crippen LogP contribution in [0.3, 0.4) is 0 Å². The fourth-order valence-electron chi connectivity index (χ4n) is 1.69. The van der Waals surface area contributed by atoms with Crippen LogP contribution in [0.1, 0.15) is 26.5 Å². The van der Waals surface area contributed by atoms with Gasteiger partial charge < -0.3 is 10.4 Å². The maximum absolute atomic E-state index is 12.1. The van der Waals surface area contributed by atoms with Crippen LogP contribution in [0.2, 0.25) is 5.02 Å². The van der Waals surface area contributed by atoms with Gasteiger partial charge in [0.2, 0.25) is 0 Å². The average molecular weight is 417 g/mol. The molecule has 1 heterocycles. The average Bonchev–Trinajstić information content (AvgIpc) is 2.41. The Kier molecular flexibility index (Phi) is 4.79. The van der Waals surface area contributed by atoms with E-state index >= 15 is 0 Å². The second-order valence-electron chi connectivity index (χ2n) is 4.21. The third-order valence-corrected chi connectivity index (χ3v) is 3.71. The van der Waals surface area contributed by atoms with Crippen LogP contribution in [-0.2, 0) is 0 Å². The molecule has 1 amide bonds. The molecule has 0 fully saturated rings. The van der Waals surface area contributed by atoms with Gasteiger partial charge in [-0.2, -0.15) is 0 Å². The lowest BCUT2D eigenvalue weighted by molar-refractivity contribution is 0.0695. The second-order valence-corrected chi connectivity index (χ2v) is 5.87. The number of pyridine rings is 1. The monoisotopic (exact) mass is 416 g/mol. The third-order valence-electron chi connectivity index (χ3n) is 2.73. The summed E-state index contributed by atoms with van der Waals surface area (Å²) in [7, 11) is 0. The molecule has 0 unspecified atom stereocenters. The predicted molar refractivity (Wildman–Crippen MR) is 88.1 cm³/mol. The first-order valence-electron chi connectivity index (χ1n) is 5.86. The smallest absolute Gasteiger partial charge is 0.337 e. The number of carbonyl (C=O) groups excluding carboxylic acids is 1. The Labute approximate surface area is 139 Å². The number of carboxylic acids is 1. The molecule has 5 nitrogen and oxygen atoms in total. The van der Waals surface area contributed by atoms with E-state index in [1.807, 2.05) is 6.07 Å². The van der Waals surface area contributed by atoms with Crippen LogP contribution in [0.25, 0.3) is 0 Å². The number of hydrogen-bond donors (Lipinski definition) is 2. The summed E-state index contributed by atoms with van der Waals surface area (Å²) in [6.45, 7) is 1.54. The molecule has 0 radical (unpaired) electrons. The van der Waals surface area contributed by atoms with E-state index in [2.05, 4.69) is 32.9 Å². The number of carbonyl (C=O) groups is 2. The summed E-state index contributed by atoms with van der Waals surface area (Å²) in [5, 5.41) is 12.0. The Balaban J connectivity index is 2.24. The third kappa shape index (κ3) is 3.70. The molecule has 21 heavy (non-hydrogen) atoms. The SMILES string of the molecule is Cc1nc(C(=O)Nc2ccc(I)cc2Cl)ccc1C(=O)O. The normalized spacial score (nSPS) is 10.2. The Morgan fingerprint density at radius 1 is 1.29 bits per heavy atom. The first kappa shape index (κ1) is 15.7. The van der Waals surface area contributed by atoms with Gasteiger partial charge in [-0.3, -0.25) is 4.79 Å². The van der Waals surface area contributed by atoms with Crippen LogP contribution in [0.15, 0.2) is 30.3 Å². The summed E-state index contributed by atoms with van der Waals surface area (Å²) < 4.78 is 0.954. The molecule has 0 aliphatic heterocycles. The highest BCUT2D eigenvalue weighted by molar-refractivity contribution is 14.1. The first-order chi connectivity index (χ1) is 9.88. The standard InChI is InChI=1S/C14H10ClIN2O3/c1-7-9(14(20)21)3-5-12(17-7)13(19)18-11-4-2-8(16)6-10(11)15/h2-6H,1H3,(H,18,19)(H,20,21). The van der Waals surface area contributed by atoms with Gasteiger partial charge in [-0.25, -0.2) is 9.78 Å². The molecule has 1 aromatic carbocycles. The molecule has 0 saturated heterocycles. The Hall–Kier alpha value is -1.67. The molecule has 0 aliphatic rings. The topological polar surface area (TPSA) is 79.3 Å². The van der Waals surface area contributed by atoms with Gasteiger partial charge in [0.25, 0.3) is 5.91 Å². The van der Waals surface area contributed by atoms with E-state index in [9.17, 15) is 9.59 Å². The number of amides is 1. The number of benzene rings is 1. The molecule has 7 heteroatoms. The number of rotatable bonds is 3. The highest BCUT2D eigenvalue weighted by atomic mass is 127. The lowest BCUT2D eigenvalue weighted by Gasteiger charge is -2.08. The van der Waals surface area contributed by atoms with Crippen molar-refractivity contribution in [2.24, 2.45) is 0 Å². The number of nitrogens with zero attached hydrogens (tertiary/aromatic N) is 1. The van der Waals surface area contributed by atoms with Crippen molar-refractivity contribution < 1.29 is 14.7 Å². The summed E-state index contributed by atoms with van der Waals surface area (Å²) in [4.78, 5) is 27.0. The van der Waals surface area contributed by atoms with Gasteiger partial charge in [-0.15, -0.1) is 0 Å². The van der Waals surface area contributed by atoms with Crippen molar-refractivity contribution in [3.63, 3.8) is 0 Å². The maximum atomic E-state index is 12.1. The molecule has 2 aromatic rings. The first-order valence-corrected chi connectivity index (χ1v) is 7.31. The zero-order valence-corrected chi connectivity index (χ0v) is 13.8. The lowest BCUT2D eigenvalue weighted by atomic mass is 10.2. The number of anilines is 1. The van der Waals surface area contributed by atoms with Gasteiger partial charge in [-0.1, -0.05) is 11.6 Å². The van der Waals surface area contributed by atoms with Crippen LogP contribution in [0.5, 0.6) is 0 Å². The maximum Gasteiger partial charge on any atom is 0.337 e. The van der Waals surface area contributed by atoms with E-state index in [1.165, 1.54) is 19.1 Å². The van der Waals surface area contributed by atoms with Crippen LogP contribution in [-0.4, -0.2) is 22.0 Å². The molecule has 2 N–H and O–H groups in total. The van der Waals surface area contributed by atoms with Crippen molar-refractivity contribution in [1.82, 2.24) is 4.98 Å². The number of hydrogen-bond acceptors (Lipinski definition) is 3. The molecule has 0 spiro atoms. The number of carboxylic acid groups (broad SMARTS) is 1. The molecular formula is C14H10ClIN2O3. The van der Waals surface area contributed by atoms with Crippen molar-refractivity contribution in [2.45, 2.75) is 6.92 Å². The molecular weight excluding hydrogens is 407 g/mol. The molecule has 0 bridgehead atoms. The van der Waals surface area contributed by atoms with Gasteiger partial charge in [0.15, 0.2) is 0 Å². The Bertz CT molecular complexity index is 734. The molecule has 2 rings (SSSR count). The number of halogens is 2. The zero-order valence-electron chi connectivity index (χ0n) is 10.9. The quantitative estimate of drug-likeness (QED) is 0.750. The van der Waals surface area contributed by atoms with Gasteiger partial charge in [0.1, 0.15) is 5.69 Å². The van der Waals surface area contributed by atoms with Gasteiger partial charge in [0, 0.05) is 3.57 Å². The molecule has 0 aliphatic carbocycles. The van der Waals surface area contributed by atoms with Crippen LogP contribution >= 0.6 is 34.2 Å². The van der Waals surface area contributed by atoms with Gasteiger partial charge in [0.05, 0.1) is 22.0 Å². The Morgan fingerprint density at radius 2 is 2.00 bits per heavy atom. The minimum atomic E-state index is -1.08. The van der Waals surface area contributed by atoms with E-state index in [4.69, 9.17) is 16.7 Å². The predicted octanol–water partition coefficient (Wildman–Crippen LogP) is 3.60. The van der Waals surface area contributed by atoms with Crippen LogP contribution < -0.4 is 5.32 Å². The number of aromatic carboxylic acids is 1. The number of aryl methyl sites for hydroxylation is 1. The van der Waals surface area contributed by atoms with Crippen molar-refractivity contribution in [2.75, 3.05) is 5.32 Å². The van der Waals surface area contributed by atoms with Crippen molar-refractivity contribution in [3.05, 3.63) is 55.9 Å². The number of aromatic nitrogens is 1. The van der Waals surface area contributed by atoms with E-state index in [0.717, 1.165) is 3.57 Å². The van der Waals surface area contributed by atoms with Crippen molar-refractivity contribution >= 4 is 51.8 Å². The second kappa shape index (κ2) is 6.40. The summed E-state index contributed by atoms with van der Waals surface area (Å²) in [5.74, 6) is -1.52. The van der Waals surface area contributed by atoms with E-state index < -0.39 is 11.9 Å².